The van der Waals surface area contributed by atoms with Crippen molar-refractivity contribution in [3.05, 3.63) is 0 Å². The van der Waals surface area contributed by atoms with Crippen LogP contribution >= 0.6 is 9.90 Å². The predicted molar refractivity (Wildman–Crippen MR) is 44.5 cm³/mol. The van der Waals surface area contributed by atoms with E-state index in [-0.39, 0.29) is 105 Å². The van der Waals surface area contributed by atoms with Gasteiger partial charge in [0, 0.05) is 40.5 Å². The predicted octanol–water partition coefficient (Wildman–Crippen LogP) is -3.07. The van der Waals surface area contributed by atoms with E-state index in [9.17, 15) is 0 Å². The minimum Gasteiger partial charge on any atom is -0.344 e. The molecule has 0 radical (unpaired) electrons. The van der Waals surface area contributed by atoms with Crippen molar-refractivity contribution in [2.75, 3.05) is 0 Å². The van der Waals surface area contributed by atoms with Crippen LogP contribution in [0, 0.1) is 0 Å². The Morgan fingerprint density at radius 2 is 1.00 bits per heavy atom. The largest absolute Gasteiger partial charge is 0.344 e. The van der Waals surface area contributed by atoms with Crippen molar-refractivity contribution < 1.29 is 40.5 Å². The Hall–Kier alpha value is 3.07. The Morgan fingerprint density at radius 3 is 1.00 bits per heavy atom. The summed E-state index contributed by atoms with van der Waals surface area (Å²) in [5.41, 5.74) is 0. The van der Waals surface area contributed by atoms with Crippen molar-refractivity contribution in [1.82, 2.24) is 6.15 Å². The van der Waals surface area contributed by atoms with E-state index < -0.39 is 0 Å². The van der Waals surface area contributed by atoms with E-state index in [1.54, 1.807) is 0 Å². The van der Waals surface area contributed by atoms with Crippen LogP contribution in [0.15, 0.2) is 0 Å². The van der Waals surface area contributed by atoms with Crippen LogP contribution in [-0.4, -0.2) is 48.8 Å². The number of hydrogen-bond donors (Lipinski definition) is 1. The third-order valence-electron chi connectivity index (χ3n) is 0. The summed E-state index contributed by atoms with van der Waals surface area (Å²) in [6.07, 6.45) is 0. The molecule has 3 N–H and O–H groups in total. The zero-order valence-electron chi connectivity index (χ0n) is 2.53. The van der Waals surface area contributed by atoms with Gasteiger partial charge in [-0.05, 0) is 0 Å². The summed E-state index contributed by atoms with van der Waals surface area (Å²) in [5.74, 6) is 0. The Morgan fingerprint density at radius 1 is 1.00 bits per heavy atom. The van der Waals surface area contributed by atoms with Gasteiger partial charge in [-0.15, -0.1) is 0 Å². The minimum atomic E-state index is 0. The summed E-state index contributed by atoms with van der Waals surface area (Å²) >= 11 is 0. The zero-order chi connectivity index (χ0) is 0. The van der Waals surface area contributed by atoms with Crippen LogP contribution < -0.4 is 6.15 Å². The molecule has 0 fully saturated rings. The topological polar surface area (TPSA) is 35.0 Å². The molecule has 0 aromatic heterocycles. The molecule has 40 valence electrons. The van der Waals surface area contributed by atoms with E-state index in [4.69, 9.17) is 0 Å². The van der Waals surface area contributed by atoms with E-state index in [0.717, 1.165) is 0 Å². The molecule has 0 saturated carbocycles. The van der Waals surface area contributed by atoms with Crippen molar-refractivity contribution in [3.8, 4) is 0 Å². The van der Waals surface area contributed by atoms with Crippen LogP contribution in [0.4, 0.5) is 0 Å². The fourth-order valence-electron chi connectivity index (χ4n) is 0. The van der Waals surface area contributed by atoms with Crippen LogP contribution in [0.1, 0.15) is 0 Å². The summed E-state index contributed by atoms with van der Waals surface area (Å²) in [6, 6.07) is 0. The van der Waals surface area contributed by atoms with Gasteiger partial charge < -0.3 is 6.15 Å². The number of hydrogen-bond acceptors (Lipinski definition) is 1. The van der Waals surface area contributed by atoms with Gasteiger partial charge >= 0.3 is 23.1 Å². The van der Waals surface area contributed by atoms with E-state index in [1.807, 2.05) is 0 Å². The maximum absolute atomic E-state index is 0. The zero-order valence-corrected chi connectivity index (χ0v) is 8.92. The first-order valence-corrected chi connectivity index (χ1v) is 0. The van der Waals surface area contributed by atoms with Crippen LogP contribution in [0.2, 0.25) is 0 Å². The molecule has 7 heavy (non-hydrogen) atoms. The molecule has 0 rings (SSSR count). The van der Waals surface area contributed by atoms with Gasteiger partial charge in [0.1, 0.15) is 0 Å². The molecule has 0 aliphatic rings. The average Bonchev–Trinajstić information content (AvgIpc) is 0. The molecule has 0 aromatic rings. The second-order valence-electron chi connectivity index (χ2n) is 0. The second kappa shape index (κ2) is 62.8. The van der Waals surface area contributed by atoms with E-state index in [0.29, 0.717) is 0 Å². The van der Waals surface area contributed by atoms with E-state index >= 15 is 0 Å². The van der Waals surface area contributed by atoms with Crippen molar-refractivity contribution in [2.24, 2.45) is 0 Å². The van der Waals surface area contributed by atoms with Gasteiger partial charge in [0.2, 0.25) is 0 Å². The van der Waals surface area contributed by atoms with Crippen molar-refractivity contribution in [3.63, 3.8) is 0 Å². The third-order valence-corrected chi connectivity index (χ3v) is 0. The van der Waals surface area contributed by atoms with Gasteiger partial charge in [-0.3, -0.25) is 0 Å². The summed E-state index contributed by atoms with van der Waals surface area (Å²) in [6.45, 7) is 0. The molecule has 1 atom stereocenters. The molecule has 0 aromatic carbocycles. The molecule has 0 saturated heterocycles. The summed E-state index contributed by atoms with van der Waals surface area (Å²) < 4.78 is 0. The van der Waals surface area contributed by atoms with Crippen molar-refractivity contribution in [1.29, 1.82) is 0 Å². The average molecular weight is 283 g/mol. The molecule has 0 bridgehead atoms. The van der Waals surface area contributed by atoms with Crippen molar-refractivity contribution >= 4 is 58.7 Å². The first-order valence-electron chi connectivity index (χ1n) is 0. The number of rotatable bonds is 0. The molecular weight excluding hydrogens is 268 g/mol. The molecule has 0 aliphatic carbocycles. The first-order chi connectivity index (χ1) is 0. The van der Waals surface area contributed by atoms with Crippen LogP contribution in [0.25, 0.3) is 0 Å². The van der Waals surface area contributed by atoms with Crippen LogP contribution in [0.3, 0.4) is 0 Å². The summed E-state index contributed by atoms with van der Waals surface area (Å²) in [5, 5.41) is 0. The van der Waals surface area contributed by atoms with E-state index in [1.165, 1.54) is 0 Å². The Labute approximate surface area is 104 Å². The fourth-order valence-corrected chi connectivity index (χ4v) is 0. The quantitative estimate of drug-likeness (QED) is 0.371. The van der Waals surface area contributed by atoms with Gasteiger partial charge in [-0.2, -0.15) is 9.90 Å². The first kappa shape index (κ1) is 88.0. The maximum Gasteiger partial charge on any atom is 0.316 e. The van der Waals surface area contributed by atoms with Gasteiger partial charge in [0.25, 0.3) is 0 Å². The molecule has 0 spiro atoms. The molecule has 0 amide bonds. The van der Waals surface area contributed by atoms with Gasteiger partial charge in [0.15, 0.2) is 17.4 Å². The Balaban J connectivity index is 0. The maximum atomic E-state index is 0. The summed E-state index contributed by atoms with van der Waals surface area (Å²) in [4.78, 5) is 0. The smallest absolute Gasteiger partial charge is 0.316 e. The normalized spacial score (nSPS) is 0. The summed E-state index contributed by atoms with van der Waals surface area (Å²) in [7, 11) is 0. The fraction of sp³-hybridized carbons (Fsp3) is 0. The standard InChI is InChI=1S/Al.BH3.Mg.Mo.H3N.H3P.Zn.5H/h;1H3;;;2*1H3;;;;;;. The van der Waals surface area contributed by atoms with E-state index in [2.05, 4.69) is 0 Å². The molecule has 0 aliphatic heterocycles. The third kappa shape index (κ3) is 48.2. The van der Waals surface area contributed by atoms with Crippen LogP contribution in [0.5, 0.6) is 0 Å². The SMILES string of the molecule is B.N.P.[AlH3].[MgH2].[Mo].[Zn]. The molecule has 7 heteroatoms. The minimum absolute atomic E-state index is 0. The monoisotopic (exact) mass is 283 g/mol. The molecule has 0 heterocycles. The molecule has 1 unspecified atom stereocenters. The molecule has 1 nitrogen and oxygen atoms in total. The van der Waals surface area contributed by atoms with Gasteiger partial charge in [0.05, 0.1) is 8.41 Å². The van der Waals surface area contributed by atoms with Crippen LogP contribution in [-0.2, 0) is 40.5 Å². The van der Waals surface area contributed by atoms with Gasteiger partial charge in [-0.25, -0.2) is 0 Å². The second-order valence-corrected chi connectivity index (χ2v) is 0. The Kier molecular flexibility index (Phi) is 789. The molecular formula is H14AlBMgMoNPZn. The van der Waals surface area contributed by atoms with Crippen molar-refractivity contribution in [2.45, 2.75) is 0 Å². The van der Waals surface area contributed by atoms with Gasteiger partial charge in [-0.1, -0.05) is 0 Å². The Bertz CT molecular complexity index is 19.7.